The third-order valence-electron chi connectivity index (χ3n) is 2.60. The van der Waals surface area contributed by atoms with Gasteiger partial charge >= 0.3 is 0 Å². The molecule has 0 saturated carbocycles. The average Bonchev–Trinajstić information content (AvgIpc) is 2.41. The maximum absolute atomic E-state index is 11.6. The SMILES string of the molecule is COCCNC(=O)C(C)NCCCCOCCOC. The second-order valence-electron chi connectivity index (χ2n) is 4.27. The van der Waals surface area contributed by atoms with Gasteiger partial charge in [0.15, 0.2) is 0 Å². The van der Waals surface area contributed by atoms with Crippen molar-refractivity contribution in [3.8, 4) is 0 Å². The van der Waals surface area contributed by atoms with Gasteiger partial charge in [-0.05, 0) is 26.3 Å². The van der Waals surface area contributed by atoms with E-state index in [1.54, 1.807) is 14.2 Å². The molecule has 0 bridgehead atoms. The fraction of sp³-hybridized carbons (Fsp3) is 0.923. The van der Waals surface area contributed by atoms with Gasteiger partial charge in [-0.2, -0.15) is 0 Å². The van der Waals surface area contributed by atoms with Gasteiger partial charge in [0.25, 0.3) is 0 Å². The Balaban J connectivity index is 3.32. The molecule has 19 heavy (non-hydrogen) atoms. The Hall–Kier alpha value is -0.690. The summed E-state index contributed by atoms with van der Waals surface area (Å²) in [6.07, 6.45) is 1.97. The number of carbonyl (C=O) groups excluding carboxylic acids is 1. The highest BCUT2D eigenvalue weighted by Crippen LogP contribution is 1.90. The molecule has 1 atom stereocenters. The smallest absolute Gasteiger partial charge is 0.236 e. The van der Waals surface area contributed by atoms with Gasteiger partial charge in [-0.25, -0.2) is 0 Å². The summed E-state index contributed by atoms with van der Waals surface area (Å²) in [6, 6.07) is -0.175. The third kappa shape index (κ3) is 12.1. The van der Waals surface area contributed by atoms with Crippen LogP contribution in [0.2, 0.25) is 0 Å². The molecule has 0 aromatic carbocycles. The Morgan fingerprint density at radius 1 is 1.00 bits per heavy atom. The molecule has 0 rings (SSSR count). The average molecular weight is 276 g/mol. The van der Waals surface area contributed by atoms with Gasteiger partial charge in [0, 0.05) is 27.4 Å². The molecule has 0 spiro atoms. The summed E-state index contributed by atoms with van der Waals surface area (Å²) >= 11 is 0. The van der Waals surface area contributed by atoms with Gasteiger partial charge in [0.1, 0.15) is 0 Å². The zero-order chi connectivity index (χ0) is 14.3. The Labute approximate surface area is 116 Å². The second-order valence-corrected chi connectivity index (χ2v) is 4.27. The maximum Gasteiger partial charge on any atom is 0.236 e. The minimum absolute atomic E-state index is 0.00777. The zero-order valence-electron chi connectivity index (χ0n) is 12.4. The zero-order valence-corrected chi connectivity index (χ0v) is 12.4. The van der Waals surface area contributed by atoms with Gasteiger partial charge in [0.05, 0.1) is 25.9 Å². The van der Waals surface area contributed by atoms with E-state index in [0.717, 1.165) is 26.0 Å². The van der Waals surface area contributed by atoms with E-state index in [-0.39, 0.29) is 11.9 Å². The molecule has 2 N–H and O–H groups in total. The van der Waals surface area contributed by atoms with Crippen LogP contribution in [0.5, 0.6) is 0 Å². The van der Waals surface area contributed by atoms with Crippen molar-refractivity contribution >= 4 is 5.91 Å². The molecule has 0 aliphatic rings. The molecule has 0 fully saturated rings. The third-order valence-corrected chi connectivity index (χ3v) is 2.60. The fourth-order valence-corrected chi connectivity index (χ4v) is 1.41. The summed E-state index contributed by atoms with van der Waals surface area (Å²) in [4.78, 5) is 11.6. The predicted molar refractivity (Wildman–Crippen MR) is 74.3 cm³/mol. The van der Waals surface area contributed by atoms with Gasteiger partial charge in [-0.15, -0.1) is 0 Å². The molecular weight excluding hydrogens is 248 g/mol. The van der Waals surface area contributed by atoms with E-state index in [2.05, 4.69) is 10.6 Å². The molecule has 0 aliphatic heterocycles. The lowest BCUT2D eigenvalue weighted by atomic mass is 10.2. The Morgan fingerprint density at radius 3 is 2.42 bits per heavy atom. The number of rotatable bonds is 13. The Morgan fingerprint density at radius 2 is 1.74 bits per heavy atom. The monoisotopic (exact) mass is 276 g/mol. The van der Waals surface area contributed by atoms with E-state index in [1.807, 2.05) is 6.92 Å². The van der Waals surface area contributed by atoms with Crippen LogP contribution in [0.15, 0.2) is 0 Å². The van der Waals surface area contributed by atoms with E-state index >= 15 is 0 Å². The molecular formula is C13H28N2O4. The Kier molecular flexibility index (Phi) is 13.2. The van der Waals surface area contributed by atoms with E-state index in [4.69, 9.17) is 14.2 Å². The highest BCUT2D eigenvalue weighted by molar-refractivity contribution is 5.81. The predicted octanol–water partition coefficient (Wildman–Crippen LogP) is 0.170. The van der Waals surface area contributed by atoms with E-state index < -0.39 is 0 Å². The summed E-state index contributed by atoms with van der Waals surface area (Å²) < 4.78 is 15.1. The summed E-state index contributed by atoms with van der Waals surface area (Å²) in [5.74, 6) is 0.00777. The highest BCUT2D eigenvalue weighted by Gasteiger charge is 2.10. The second kappa shape index (κ2) is 13.7. The molecule has 114 valence electrons. The van der Waals surface area contributed by atoms with Crippen molar-refractivity contribution in [3.63, 3.8) is 0 Å². The van der Waals surface area contributed by atoms with Crippen LogP contribution in [0.4, 0.5) is 0 Å². The van der Waals surface area contributed by atoms with Crippen LogP contribution in [0, 0.1) is 0 Å². The first kappa shape index (κ1) is 18.3. The first-order valence-corrected chi connectivity index (χ1v) is 6.79. The van der Waals surface area contributed by atoms with Gasteiger partial charge in [-0.1, -0.05) is 0 Å². The minimum Gasteiger partial charge on any atom is -0.383 e. The Bertz CT molecular complexity index is 215. The lowest BCUT2D eigenvalue weighted by Crippen LogP contribution is -2.43. The van der Waals surface area contributed by atoms with Crippen molar-refractivity contribution in [2.75, 3.05) is 53.7 Å². The minimum atomic E-state index is -0.175. The quantitative estimate of drug-likeness (QED) is 0.469. The molecule has 6 heteroatoms. The van der Waals surface area contributed by atoms with Crippen molar-refractivity contribution in [2.24, 2.45) is 0 Å². The molecule has 1 unspecified atom stereocenters. The summed E-state index contributed by atoms with van der Waals surface area (Å²) in [5, 5.41) is 5.97. The lowest BCUT2D eigenvalue weighted by Gasteiger charge is -2.13. The van der Waals surface area contributed by atoms with Crippen LogP contribution < -0.4 is 10.6 Å². The van der Waals surface area contributed by atoms with Crippen molar-refractivity contribution in [1.29, 1.82) is 0 Å². The molecule has 0 aromatic rings. The maximum atomic E-state index is 11.6. The first-order chi connectivity index (χ1) is 9.22. The number of hydrogen-bond donors (Lipinski definition) is 2. The van der Waals surface area contributed by atoms with Gasteiger partial charge < -0.3 is 24.8 Å². The molecule has 0 radical (unpaired) electrons. The van der Waals surface area contributed by atoms with Crippen LogP contribution in [-0.2, 0) is 19.0 Å². The van der Waals surface area contributed by atoms with Crippen LogP contribution in [0.3, 0.4) is 0 Å². The van der Waals surface area contributed by atoms with E-state index in [1.165, 1.54) is 0 Å². The largest absolute Gasteiger partial charge is 0.383 e. The summed E-state index contributed by atoms with van der Waals surface area (Å²) in [7, 11) is 3.27. The van der Waals surface area contributed by atoms with Crippen molar-refractivity contribution in [3.05, 3.63) is 0 Å². The number of unbranched alkanes of at least 4 members (excludes halogenated alkanes) is 1. The number of ether oxygens (including phenoxy) is 3. The number of nitrogens with one attached hydrogen (secondary N) is 2. The van der Waals surface area contributed by atoms with Crippen LogP contribution >= 0.6 is 0 Å². The fourth-order valence-electron chi connectivity index (χ4n) is 1.41. The van der Waals surface area contributed by atoms with Crippen molar-refractivity contribution in [2.45, 2.75) is 25.8 Å². The number of carbonyl (C=O) groups is 1. The molecule has 0 aromatic heterocycles. The summed E-state index contributed by atoms with van der Waals surface area (Å²) in [6.45, 7) is 5.77. The van der Waals surface area contributed by atoms with Crippen LogP contribution in [0.1, 0.15) is 19.8 Å². The summed E-state index contributed by atoms with van der Waals surface area (Å²) in [5.41, 5.74) is 0. The standard InChI is InChI=1S/C13H28N2O4/c1-12(13(16)15-7-9-17-2)14-6-4-5-8-19-11-10-18-3/h12,14H,4-11H2,1-3H3,(H,15,16). The highest BCUT2D eigenvalue weighted by atomic mass is 16.5. The van der Waals surface area contributed by atoms with Crippen molar-refractivity contribution in [1.82, 2.24) is 10.6 Å². The topological polar surface area (TPSA) is 68.8 Å². The number of amides is 1. The first-order valence-electron chi connectivity index (χ1n) is 6.79. The van der Waals surface area contributed by atoms with Gasteiger partial charge in [0.2, 0.25) is 5.91 Å². The molecule has 0 heterocycles. The molecule has 1 amide bonds. The molecule has 0 aliphatic carbocycles. The number of hydrogen-bond acceptors (Lipinski definition) is 5. The van der Waals surface area contributed by atoms with Crippen LogP contribution in [0.25, 0.3) is 0 Å². The van der Waals surface area contributed by atoms with E-state index in [0.29, 0.717) is 26.4 Å². The molecule has 6 nitrogen and oxygen atoms in total. The normalized spacial score (nSPS) is 12.4. The number of methoxy groups -OCH3 is 2. The molecule has 0 saturated heterocycles. The van der Waals surface area contributed by atoms with Crippen LogP contribution in [-0.4, -0.2) is 65.7 Å². The van der Waals surface area contributed by atoms with Crippen molar-refractivity contribution < 1.29 is 19.0 Å². The van der Waals surface area contributed by atoms with Gasteiger partial charge in [-0.3, -0.25) is 4.79 Å². The lowest BCUT2D eigenvalue weighted by molar-refractivity contribution is -0.122. The van der Waals surface area contributed by atoms with E-state index in [9.17, 15) is 4.79 Å².